The molecule has 1 aliphatic carbocycles. The Bertz CT molecular complexity index is 1150. The molecule has 3 aromatic rings. The molecule has 2 aromatic heterocycles. The molecule has 0 bridgehead atoms. The molecule has 0 radical (unpaired) electrons. The summed E-state index contributed by atoms with van der Waals surface area (Å²) in [6.07, 6.45) is 6.37. The van der Waals surface area contributed by atoms with Crippen LogP contribution < -0.4 is 16.2 Å². The van der Waals surface area contributed by atoms with Crippen LogP contribution in [-0.4, -0.2) is 23.6 Å². The first-order chi connectivity index (χ1) is 15.6. The average Bonchev–Trinajstić information content (AvgIpc) is 3.33. The number of thiocarbonyl (C=S) groups is 1. The van der Waals surface area contributed by atoms with Crippen LogP contribution in [0.5, 0.6) is 0 Å². The van der Waals surface area contributed by atoms with Crippen LogP contribution in [0.2, 0.25) is 0 Å². The van der Waals surface area contributed by atoms with Gasteiger partial charge in [0.05, 0.1) is 17.7 Å². The zero-order valence-corrected chi connectivity index (χ0v) is 20.2. The molecule has 6 nitrogen and oxygen atoms in total. The molecular formula is C23H25N3O3S3. The smallest absolute Gasteiger partial charge is 0.341 e. The Kier molecular flexibility index (Phi) is 7.39. The van der Waals surface area contributed by atoms with Crippen LogP contribution >= 0.6 is 34.9 Å². The van der Waals surface area contributed by atoms with E-state index >= 15 is 0 Å². The van der Waals surface area contributed by atoms with Gasteiger partial charge in [-0.15, -0.1) is 22.7 Å². The van der Waals surface area contributed by atoms with E-state index < -0.39 is 0 Å². The molecule has 168 valence electrons. The van der Waals surface area contributed by atoms with Crippen LogP contribution in [0.4, 0.5) is 5.00 Å². The minimum atomic E-state index is -0.329. The third kappa shape index (κ3) is 4.95. The van der Waals surface area contributed by atoms with E-state index in [4.69, 9.17) is 17.0 Å². The molecule has 4 rings (SSSR count). The fourth-order valence-corrected chi connectivity index (χ4v) is 6.34. The number of carbonyl (C=O) groups excluding carboxylic acids is 2. The summed E-state index contributed by atoms with van der Waals surface area (Å²) in [6, 6.07) is 7.76. The summed E-state index contributed by atoms with van der Waals surface area (Å²) in [5, 5.41) is 6.73. The van der Waals surface area contributed by atoms with Crippen molar-refractivity contribution in [3.63, 3.8) is 0 Å². The van der Waals surface area contributed by atoms with Crippen molar-refractivity contribution >= 4 is 67.0 Å². The molecule has 0 saturated carbocycles. The van der Waals surface area contributed by atoms with Crippen molar-refractivity contribution in [3.8, 4) is 0 Å². The third-order valence-electron chi connectivity index (χ3n) is 5.39. The second-order valence-electron chi connectivity index (χ2n) is 7.52. The Morgan fingerprint density at radius 3 is 2.69 bits per heavy atom. The number of esters is 1. The highest BCUT2D eigenvalue weighted by molar-refractivity contribution is 7.80. The summed E-state index contributed by atoms with van der Waals surface area (Å²) < 4.78 is 6.38. The molecule has 9 heteroatoms. The second-order valence-corrected chi connectivity index (χ2v) is 9.95. The fraction of sp³-hybridized carbons (Fsp3) is 0.348. The number of carbonyl (C=O) groups is 2. The minimum absolute atomic E-state index is 0.220. The molecule has 0 atom stereocenters. The SMILES string of the molecule is CCOC(=O)c1c(NC(=S)NNC(=O)c2csc3ccccc23)sc2c1CCCCCC2. The van der Waals surface area contributed by atoms with Crippen molar-refractivity contribution < 1.29 is 14.3 Å². The van der Waals surface area contributed by atoms with E-state index in [0.29, 0.717) is 22.7 Å². The summed E-state index contributed by atoms with van der Waals surface area (Å²) in [5.41, 5.74) is 7.67. The van der Waals surface area contributed by atoms with Crippen LogP contribution in [0.1, 0.15) is 63.8 Å². The summed E-state index contributed by atoms with van der Waals surface area (Å²) in [7, 11) is 0. The van der Waals surface area contributed by atoms with Crippen LogP contribution in [0.3, 0.4) is 0 Å². The van der Waals surface area contributed by atoms with E-state index in [-0.39, 0.29) is 17.0 Å². The molecule has 2 heterocycles. The predicted molar refractivity (Wildman–Crippen MR) is 135 cm³/mol. The molecule has 0 unspecified atom stereocenters. The summed E-state index contributed by atoms with van der Waals surface area (Å²) in [4.78, 5) is 26.6. The maximum atomic E-state index is 12.7. The van der Waals surface area contributed by atoms with Crippen molar-refractivity contribution in [2.24, 2.45) is 0 Å². The number of aryl methyl sites for hydroxylation is 1. The zero-order chi connectivity index (χ0) is 22.5. The zero-order valence-electron chi connectivity index (χ0n) is 17.8. The number of ether oxygens (including phenoxy) is 1. The molecule has 1 aromatic carbocycles. The Balaban J connectivity index is 1.48. The first-order valence-corrected chi connectivity index (χ1v) is 12.8. The molecule has 0 saturated heterocycles. The highest BCUT2D eigenvalue weighted by Gasteiger charge is 2.25. The number of hydrogen-bond acceptors (Lipinski definition) is 6. The number of nitrogens with one attached hydrogen (secondary N) is 3. The third-order valence-corrected chi connectivity index (χ3v) is 7.77. The Morgan fingerprint density at radius 2 is 1.88 bits per heavy atom. The summed E-state index contributed by atoms with van der Waals surface area (Å²) in [5.74, 6) is -0.597. The van der Waals surface area contributed by atoms with Gasteiger partial charge < -0.3 is 10.1 Å². The molecule has 1 amide bonds. The molecule has 32 heavy (non-hydrogen) atoms. The number of amides is 1. The van der Waals surface area contributed by atoms with Gasteiger partial charge in [0.25, 0.3) is 5.91 Å². The summed E-state index contributed by atoms with van der Waals surface area (Å²) in [6.45, 7) is 2.12. The molecular weight excluding hydrogens is 462 g/mol. The lowest BCUT2D eigenvalue weighted by Gasteiger charge is -2.13. The number of fused-ring (bicyclic) bond motifs is 2. The summed E-state index contributed by atoms with van der Waals surface area (Å²) >= 11 is 8.48. The molecule has 0 aliphatic heterocycles. The van der Waals surface area contributed by atoms with Crippen molar-refractivity contribution in [2.45, 2.75) is 45.4 Å². The first-order valence-electron chi connectivity index (χ1n) is 10.7. The minimum Gasteiger partial charge on any atom is -0.462 e. The van der Waals surface area contributed by atoms with Crippen molar-refractivity contribution in [1.82, 2.24) is 10.9 Å². The van der Waals surface area contributed by atoms with Gasteiger partial charge in [0.1, 0.15) is 5.00 Å². The highest BCUT2D eigenvalue weighted by Crippen LogP contribution is 2.37. The Hall–Kier alpha value is -2.49. The van der Waals surface area contributed by atoms with E-state index in [2.05, 4.69) is 16.2 Å². The van der Waals surface area contributed by atoms with Gasteiger partial charge in [0.2, 0.25) is 0 Å². The molecule has 1 aliphatic rings. The van der Waals surface area contributed by atoms with Crippen LogP contribution in [-0.2, 0) is 17.6 Å². The van der Waals surface area contributed by atoms with Gasteiger partial charge in [-0.1, -0.05) is 31.0 Å². The number of anilines is 1. The predicted octanol–water partition coefficient (Wildman–Crippen LogP) is 5.43. The Labute approximate surface area is 200 Å². The van der Waals surface area contributed by atoms with E-state index in [0.717, 1.165) is 41.3 Å². The topological polar surface area (TPSA) is 79.5 Å². The quantitative estimate of drug-likeness (QED) is 0.259. The van der Waals surface area contributed by atoms with Gasteiger partial charge in [-0.25, -0.2) is 4.79 Å². The van der Waals surface area contributed by atoms with Crippen LogP contribution in [0, 0.1) is 0 Å². The standard InChI is InChI=1S/C23H25N3O3S3/c1-2-29-22(28)19-15-10-5-3-4-6-12-18(15)32-21(19)24-23(30)26-25-20(27)16-13-31-17-11-8-7-9-14(16)17/h7-9,11,13H,2-6,10,12H2,1H3,(H,25,27)(H2,24,26,30). The van der Waals surface area contributed by atoms with E-state index in [9.17, 15) is 9.59 Å². The van der Waals surface area contributed by atoms with Crippen LogP contribution in [0.15, 0.2) is 29.6 Å². The van der Waals surface area contributed by atoms with Crippen molar-refractivity contribution in [1.29, 1.82) is 0 Å². The van der Waals surface area contributed by atoms with Crippen molar-refractivity contribution in [2.75, 3.05) is 11.9 Å². The molecule has 3 N–H and O–H groups in total. The number of rotatable bonds is 4. The second kappa shape index (κ2) is 10.4. The van der Waals surface area contributed by atoms with Gasteiger partial charge >= 0.3 is 5.97 Å². The lowest BCUT2D eigenvalue weighted by Crippen LogP contribution is -2.43. The monoisotopic (exact) mass is 487 g/mol. The normalized spacial score (nSPS) is 13.5. The maximum absolute atomic E-state index is 12.7. The Morgan fingerprint density at radius 1 is 1.09 bits per heavy atom. The lowest BCUT2D eigenvalue weighted by atomic mass is 9.96. The number of thiophene rings is 2. The first kappa shape index (κ1) is 22.7. The lowest BCUT2D eigenvalue weighted by molar-refractivity contribution is 0.0526. The van der Waals surface area contributed by atoms with Gasteiger partial charge in [-0.3, -0.25) is 15.6 Å². The highest BCUT2D eigenvalue weighted by atomic mass is 32.1. The number of benzene rings is 1. The number of hydrazine groups is 1. The van der Waals surface area contributed by atoms with E-state index in [1.54, 1.807) is 18.3 Å². The van der Waals surface area contributed by atoms with Crippen molar-refractivity contribution in [3.05, 3.63) is 51.2 Å². The van der Waals surface area contributed by atoms with E-state index in [1.165, 1.54) is 29.1 Å². The van der Waals surface area contributed by atoms with Gasteiger partial charge in [0.15, 0.2) is 5.11 Å². The maximum Gasteiger partial charge on any atom is 0.341 e. The van der Waals surface area contributed by atoms with Gasteiger partial charge in [-0.05, 0) is 56.5 Å². The number of hydrogen-bond donors (Lipinski definition) is 3. The molecule has 0 spiro atoms. The van der Waals surface area contributed by atoms with Crippen LogP contribution in [0.25, 0.3) is 10.1 Å². The largest absolute Gasteiger partial charge is 0.462 e. The molecule has 0 fully saturated rings. The fourth-order valence-electron chi connectivity index (χ4n) is 3.90. The van der Waals surface area contributed by atoms with Gasteiger partial charge in [0, 0.05) is 20.3 Å². The van der Waals surface area contributed by atoms with Gasteiger partial charge in [-0.2, -0.15) is 0 Å². The van der Waals surface area contributed by atoms with E-state index in [1.807, 2.05) is 29.6 Å². The average molecular weight is 488 g/mol.